The Morgan fingerprint density at radius 3 is 2.48 bits per heavy atom. The van der Waals surface area contributed by atoms with E-state index < -0.39 is 5.60 Å². The van der Waals surface area contributed by atoms with Crippen LogP contribution in [0.1, 0.15) is 39.1 Å². The van der Waals surface area contributed by atoms with Crippen molar-refractivity contribution >= 4 is 35.1 Å². The van der Waals surface area contributed by atoms with Crippen molar-refractivity contribution in [3.8, 4) is 0 Å². The second-order valence-corrected chi connectivity index (χ2v) is 7.16. The molecule has 1 spiro atoms. The molecule has 25 heavy (non-hydrogen) atoms. The predicted octanol–water partition coefficient (Wildman–Crippen LogP) is 4.30. The third kappa shape index (κ3) is 2.70. The normalized spacial score (nSPS) is 18.2. The van der Waals surface area contributed by atoms with Crippen LogP contribution < -0.4 is 0 Å². The molecule has 0 radical (unpaired) electrons. The monoisotopic (exact) mass is 375 g/mol. The number of likely N-dealkylation sites (tertiary alicyclic amines) is 1. The molecule has 0 atom stereocenters. The first kappa shape index (κ1) is 16.4. The summed E-state index contributed by atoms with van der Waals surface area (Å²) in [6.07, 6.45) is 1.17. The molecule has 0 aromatic heterocycles. The second kappa shape index (κ2) is 6.04. The van der Waals surface area contributed by atoms with Gasteiger partial charge in [-0.3, -0.25) is 4.79 Å². The Morgan fingerprint density at radius 2 is 1.76 bits per heavy atom. The summed E-state index contributed by atoms with van der Waals surface area (Å²) in [5.41, 5.74) is 1.46. The summed E-state index contributed by atoms with van der Waals surface area (Å²) in [4.78, 5) is 26.6. The molecule has 0 bridgehead atoms. The average molecular weight is 376 g/mol. The zero-order chi connectivity index (χ0) is 17.6. The lowest BCUT2D eigenvalue weighted by molar-refractivity contribution is -0.0389. The maximum Gasteiger partial charge on any atom is 0.339 e. The molecule has 1 fully saturated rings. The van der Waals surface area contributed by atoms with E-state index in [0.29, 0.717) is 47.1 Å². The van der Waals surface area contributed by atoms with Crippen LogP contribution in [0.2, 0.25) is 10.0 Å². The highest BCUT2D eigenvalue weighted by molar-refractivity contribution is 6.42. The second-order valence-electron chi connectivity index (χ2n) is 6.35. The number of carbonyl (C=O) groups is 2. The molecule has 2 aliphatic rings. The van der Waals surface area contributed by atoms with Gasteiger partial charge >= 0.3 is 5.97 Å². The Balaban J connectivity index is 1.53. The molecule has 2 heterocycles. The molecule has 2 aromatic carbocycles. The minimum absolute atomic E-state index is 0.0916. The molecular formula is C19H15Cl2NO3. The van der Waals surface area contributed by atoms with Gasteiger partial charge in [0.2, 0.25) is 0 Å². The number of esters is 1. The first-order valence-corrected chi connectivity index (χ1v) is 8.83. The highest BCUT2D eigenvalue weighted by Crippen LogP contribution is 2.44. The zero-order valence-electron chi connectivity index (χ0n) is 13.3. The molecule has 0 saturated carbocycles. The zero-order valence-corrected chi connectivity index (χ0v) is 14.8. The molecule has 2 aromatic rings. The Labute approximate surface area is 155 Å². The van der Waals surface area contributed by atoms with Crippen LogP contribution in [0.3, 0.4) is 0 Å². The minimum atomic E-state index is -0.609. The number of hydrogen-bond donors (Lipinski definition) is 0. The van der Waals surface area contributed by atoms with Gasteiger partial charge in [0, 0.05) is 37.1 Å². The molecule has 4 rings (SSSR count). The summed E-state index contributed by atoms with van der Waals surface area (Å²) in [6, 6.07) is 12.4. The Hall–Kier alpha value is -2.04. The van der Waals surface area contributed by atoms with Gasteiger partial charge < -0.3 is 9.64 Å². The van der Waals surface area contributed by atoms with E-state index in [-0.39, 0.29) is 11.9 Å². The smallest absolute Gasteiger partial charge is 0.339 e. The van der Waals surface area contributed by atoms with Crippen LogP contribution in [0.25, 0.3) is 0 Å². The maximum absolute atomic E-state index is 12.7. The Kier molecular flexibility index (Phi) is 3.97. The van der Waals surface area contributed by atoms with Gasteiger partial charge in [0.25, 0.3) is 5.91 Å². The third-order valence-corrected chi connectivity index (χ3v) is 5.69. The van der Waals surface area contributed by atoms with E-state index in [9.17, 15) is 9.59 Å². The maximum atomic E-state index is 12.7. The molecular weight excluding hydrogens is 361 g/mol. The van der Waals surface area contributed by atoms with Gasteiger partial charge in [-0.1, -0.05) is 41.4 Å². The van der Waals surface area contributed by atoms with E-state index >= 15 is 0 Å². The number of fused-ring (bicyclic) bond motifs is 2. The van der Waals surface area contributed by atoms with Gasteiger partial charge in [-0.15, -0.1) is 0 Å². The van der Waals surface area contributed by atoms with Crippen molar-refractivity contribution in [2.24, 2.45) is 0 Å². The average Bonchev–Trinajstić information content (AvgIpc) is 2.90. The number of ether oxygens (including phenoxy) is 1. The van der Waals surface area contributed by atoms with E-state index in [0.717, 1.165) is 5.56 Å². The number of hydrogen-bond acceptors (Lipinski definition) is 3. The molecule has 1 saturated heterocycles. The summed E-state index contributed by atoms with van der Waals surface area (Å²) >= 11 is 11.9. The van der Waals surface area contributed by atoms with E-state index in [1.807, 2.05) is 18.2 Å². The number of amides is 1. The van der Waals surface area contributed by atoms with E-state index in [2.05, 4.69) is 0 Å². The summed E-state index contributed by atoms with van der Waals surface area (Å²) < 4.78 is 5.71. The van der Waals surface area contributed by atoms with Gasteiger partial charge in [0.15, 0.2) is 0 Å². The van der Waals surface area contributed by atoms with Crippen molar-refractivity contribution in [1.82, 2.24) is 4.90 Å². The Morgan fingerprint density at radius 1 is 1.04 bits per heavy atom. The number of rotatable bonds is 1. The highest BCUT2D eigenvalue weighted by atomic mass is 35.5. The standard InChI is InChI=1S/C19H15Cl2NO3/c20-15-6-5-12(11-16(15)21)17(23)22-9-7-19(8-10-22)14-4-2-1-3-13(14)18(24)25-19/h1-6,11H,7-10H2. The lowest BCUT2D eigenvalue weighted by Crippen LogP contribution is -2.45. The fraction of sp³-hybridized carbons (Fsp3) is 0.263. The minimum Gasteiger partial charge on any atom is -0.450 e. The fourth-order valence-electron chi connectivity index (χ4n) is 3.60. The molecule has 0 unspecified atom stereocenters. The molecule has 128 valence electrons. The van der Waals surface area contributed by atoms with Crippen LogP contribution in [-0.4, -0.2) is 29.9 Å². The molecule has 1 amide bonds. The number of halogens is 2. The number of piperidine rings is 1. The van der Waals surface area contributed by atoms with Gasteiger partial charge in [-0.2, -0.15) is 0 Å². The van der Waals surface area contributed by atoms with E-state index in [1.54, 1.807) is 29.2 Å². The van der Waals surface area contributed by atoms with Gasteiger partial charge in [-0.25, -0.2) is 4.79 Å². The van der Waals surface area contributed by atoms with Crippen molar-refractivity contribution in [2.45, 2.75) is 18.4 Å². The molecule has 0 N–H and O–H groups in total. The van der Waals surface area contributed by atoms with Crippen molar-refractivity contribution in [2.75, 3.05) is 13.1 Å². The number of carbonyl (C=O) groups excluding carboxylic acids is 2. The van der Waals surface area contributed by atoms with Gasteiger partial charge in [-0.05, 0) is 24.3 Å². The van der Waals surface area contributed by atoms with Gasteiger partial charge in [0.05, 0.1) is 15.6 Å². The van der Waals surface area contributed by atoms with Crippen molar-refractivity contribution < 1.29 is 14.3 Å². The topological polar surface area (TPSA) is 46.6 Å². The summed E-state index contributed by atoms with van der Waals surface area (Å²) in [7, 11) is 0. The molecule has 2 aliphatic heterocycles. The van der Waals surface area contributed by atoms with Crippen molar-refractivity contribution in [3.63, 3.8) is 0 Å². The molecule has 4 nitrogen and oxygen atoms in total. The Bertz CT molecular complexity index is 873. The summed E-state index contributed by atoms with van der Waals surface area (Å²) in [6.45, 7) is 1.03. The van der Waals surface area contributed by atoms with Crippen LogP contribution in [0.4, 0.5) is 0 Å². The lowest BCUT2D eigenvalue weighted by Gasteiger charge is -2.38. The molecule has 0 aliphatic carbocycles. The van der Waals surface area contributed by atoms with Crippen LogP contribution in [0.5, 0.6) is 0 Å². The van der Waals surface area contributed by atoms with E-state index in [1.165, 1.54) is 0 Å². The fourth-order valence-corrected chi connectivity index (χ4v) is 3.90. The number of nitrogens with zero attached hydrogens (tertiary/aromatic N) is 1. The van der Waals surface area contributed by atoms with Crippen LogP contribution in [0, 0.1) is 0 Å². The SMILES string of the molecule is O=C1OC2(CCN(C(=O)c3ccc(Cl)c(Cl)c3)CC2)c2ccccc21. The van der Waals surface area contributed by atoms with Crippen LogP contribution in [-0.2, 0) is 10.3 Å². The summed E-state index contributed by atoms with van der Waals surface area (Å²) in [5, 5.41) is 0.782. The van der Waals surface area contributed by atoms with Crippen molar-refractivity contribution in [1.29, 1.82) is 0 Å². The summed E-state index contributed by atoms with van der Waals surface area (Å²) in [5.74, 6) is -0.370. The quantitative estimate of drug-likeness (QED) is 0.698. The lowest BCUT2D eigenvalue weighted by atomic mass is 9.83. The van der Waals surface area contributed by atoms with Crippen LogP contribution >= 0.6 is 23.2 Å². The predicted molar refractivity (Wildman–Crippen MR) is 95.1 cm³/mol. The van der Waals surface area contributed by atoms with Gasteiger partial charge in [0.1, 0.15) is 5.60 Å². The first-order valence-electron chi connectivity index (χ1n) is 8.07. The van der Waals surface area contributed by atoms with E-state index in [4.69, 9.17) is 27.9 Å². The van der Waals surface area contributed by atoms with Crippen molar-refractivity contribution in [3.05, 3.63) is 69.2 Å². The number of benzene rings is 2. The largest absolute Gasteiger partial charge is 0.450 e. The molecule has 6 heteroatoms. The first-order chi connectivity index (χ1) is 12.0. The highest BCUT2D eigenvalue weighted by Gasteiger charge is 2.47. The third-order valence-electron chi connectivity index (χ3n) is 4.95. The van der Waals surface area contributed by atoms with Crippen LogP contribution in [0.15, 0.2) is 42.5 Å².